The number of ether oxygens (including phenoxy) is 1. The van der Waals surface area contributed by atoms with E-state index in [0.717, 1.165) is 13.0 Å². The molecule has 6 heterocycles. The van der Waals surface area contributed by atoms with Gasteiger partial charge in [0.05, 0.1) is 25.2 Å². The molecule has 0 bridgehead atoms. The summed E-state index contributed by atoms with van der Waals surface area (Å²) < 4.78 is 9.97. The van der Waals surface area contributed by atoms with E-state index in [2.05, 4.69) is 59.4 Å². The summed E-state index contributed by atoms with van der Waals surface area (Å²) in [6.07, 6.45) is 3.51. The maximum Gasteiger partial charge on any atom is 0.229 e. The summed E-state index contributed by atoms with van der Waals surface area (Å²) in [6, 6.07) is 21.0. The van der Waals surface area contributed by atoms with Gasteiger partial charge in [0.2, 0.25) is 11.8 Å². The molecule has 0 radical (unpaired) electrons. The number of aliphatic hydroxyl groups excluding tert-OH is 2. The predicted octanol–water partition coefficient (Wildman–Crippen LogP) is 2.72. The molecular formula is C33H36N12O3. The molecule has 0 aliphatic carbocycles. The van der Waals surface area contributed by atoms with Gasteiger partial charge in [0, 0.05) is 37.9 Å². The fourth-order valence-electron chi connectivity index (χ4n) is 6.61. The van der Waals surface area contributed by atoms with E-state index in [1.807, 2.05) is 55.8 Å². The van der Waals surface area contributed by atoms with E-state index in [1.165, 1.54) is 15.9 Å². The lowest BCUT2D eigenvalue weighted by Crippen LogP contribution is -2.29. The van der Waals surface area contributed by atoms with Gasteiger partial charge in [0.15, 0.2) is 29.3 Å². The normalized spacial score (nSPS) is 22.7. The fraction of sp³-hybridized carbons (Fsp3) is 0.364. The highest BCUT2D eigenvalue weighted by molar-refractivity contribution is 5.84. The average Bonchev–Trinajstić information content (AvgIpc) is 3.97. The minimum atomic E-state index is -1.30. The summed E-state index contributed by atoms with van der Waals surface area (Å²) >= 11 is 0. The molecule has 2 aromatic carbocycles. The summed E-state index contributed by atoms with van der Waals surface area (Å²) in [4.78, 5) is 22.5. The van der Waals surface area contributed by atoms with Crippen LogP contribution in [0.4, 0.5) is 11.8 Å². The van der Waals surface area contributed by atoms with Gasteiger partial charge < -0.3 is 29.7 Å². The van der Waals surface area contributed by atoms with Crippen LogP contribution in [-0.2, 0) is 11.3 Å². The summed E-state index contributed by atoms with van der Waals surface area (Å²) in [5.41, 5.74) is 3.33. The van der Waals surface area contributed by atoms with Crippen LogP contribution in [-0.4, -0.2) is 91.3 Å². The van der Waals surface area contributed by atoms with Crippen molar-refractivity contribution in [1.29, 1.82) is 0 Å². The highest BCUT2D eigenvalue weighted by Gasteiger charge is 2.47. The van der Waals surface area contributed by atoms with Crippen LogP contribution in [0.3, 0.4) is 0 Å². The number of aromatic nitrogens is 10. The van der Waals surface area contributed by atoms with Gasteiger partial charge in [-0.2, -0.15) is 14.8 Å². The zero-order chi connectivity index (χ0) is 32.6. The average molecular weight is 649 g/mol. The molecule has 0 amide bonds. The SMILES string of the molecule is CCn1nnc([C@H]2O[C@@H](n3cnc4c(NCC(c5ccccc5)c5ccccc5)nc(N5CC[C@H](n6ccnc6)C5)nc43)[C@H](O)[C@@H]2O)n1. The Labute approximate surface area is 275 Å². The Hall–Kier alpha value is -5.25. The summed E-state index contributed by atoms with van der Waals surface area (Å²) in [5.74, 6) is 1.33. The number of aliphatic hydroxyl groups is 2. The largest absolute Gasteiger partial charge is 0.387 e. The van der Waals surface area contributed by atoms with Crippen molar-refractivity contribution in [2.45, 2.75) is 56.4 Å². The Kier molecular flexibility index (Phi) is 7.99. The molecular weight excluding hydrogens is 612 g/mol. The van der Waals surface area contributed by atoms with Gasteiger partial charge in [0.25, 0.3) is 0 Å². The van der Waals surface area contributed by atoms with Crippen LogP contribution in [0.25, 0.3) is 11.2 Å². The molecule has 5 atom stereocenters. The summed E-state index contributed by atoms with van der Waals surface area (Å²) in [6.45, 7) is 4.40. The maximum absolute atomic E-state index is 11.2. The second-order valence-corrected chi connectivity index (χ2v) is 12.1. The Morgan fingerprint density at radius 3 is 2.44 bits per heavy atom. The lowest BCUT2D eigenvalue weighted by molar-refractivity contribution is -0.0384. The molecule has 0 saturated carbocycles. The van der Waals surface area contributed by atoms with Crippen molar-refractivity contribution < 1.29 is 14.9 Å². The van der Waals surface area contributed by atoms with Crippen LogP contribution in [0.2, 0.25) is 0 Å². The topological polar surface area (TPSA) is 170 Å². The lowest BCUT2D eigenvalue weighted by atomic mass is 9.91. The number of hydrogen-bond donors (Lipinski definition) is 3. The Morgan fingerprint density at radius 1 is 0.979 bits per heavy atom. The first-order chi connectivity index (χ1) is 23.6. The van der Waals surface area contributed by atoms with Gasteiger partial charge in [-0.05, 0) is 29.7 Å². The van der Waals surface area contributed by atoms with E-state index in [-0.39, 0.29) is 17.8 Å². The van der Waals surface area contributed by atoms with Crippen molar-refractivity contribution >= 4 is 22.9 Å². The standard InChI is InChI=1S/C33H36N12O3/c1-2-45-40-30(39-41-45)28-26(46)27(47)32(48-28)44-20-36-25-29(35-17-24(21-9-5-3-6-10-21)22-11-7-4-8-12-22)37-33(38-31(25)44)42-15-13-23(18-42)43-16-14-34-19-43/h3-12,14,16,19-20,23-24,26-28,32,46-47H,2,13,15,17-18H2,1H3,(H,35,37,38)/t23-,26-,27+,28-,32+/m0/s1. The van der Waals surface area contributed by atoms with E-state index in [4.69, 9.17) is 19.7 Å². The van der Waals surface area contributed by atoms with Crippen molar-refractivity contribution in [3.05, 3.63) is 103 Å². The van der Waals surface area contributed by atoms with Gasteiger partial charge in [-0.25, -0.2) is 9.97 Å². The van der Waals surface area contributed by atoms with Crippen molar-refractivity contribution in [2.24, 2.45) is 0 Å². The number of imidazole rings is 2. The molecule has 2 saturated heterocycles. The highest BCUT2D eigenvalue weighted by atomic mass is 16.6. The maximum atomic E-state index is 11.2. The predicted molar refractivity (Wildman–Crippen MR) is 175 cm³/mol. The number of rotatable bonds is 10. The van der Waals surface area contributed by atoms with Gasteiger partial charge in [-0.15, -0.1) is 10.2 Å². The molecule has 4 aromatic heterocycles. The van der Waals surface area contributed by atoms with Gasteiger partial charge in [0.1, 0.15) is 12.2 Å². The van der Waals surface area contributed by atoms with Crippen LogP contribution in [0.1, 0.15) is 54.6 Å². The van der Waals surface area contributed by atoms with Crippen LogP contribution < -0.4 is 10.2 Å². The van der Waals surface area contributed by atoms with Crippen molar-refractivity contribution in [3.63, 3.8) is 0 Å². The van der Waals surface area contributed by atoms with E-state index in [1.54, 1.807) is 17.1 Å². The minimum Gasteiger partial charge on any atom is -0.387 e. The summed E-state index contributed by atoms with van der Waals surface area (Å²) in [7, 11) is 0. The van der Waals surface area contributed by atoms with E-state index >= 15 is 0 Å². The Bertz CT molecular complexity index is 1930. The highest BCUT2D eigenvalue weighted by Crippen LogP contribution is 2.39. The van der Waals surface area contributed by atoms with Crippen LogP contribution >= 0.6 is 0 Å². The summed E-state index contributed by atoms with van der Waals surface area (Å²) in [5, 5.41) is 38.2. The molecule has 246 valence electrons. The number of aryl methyl sites for hydroxylation is 1. The fourth-order valence-corrected chi connectivity index (χ4v) is 6.61. The molecule has 8 rings (SSSR count). The molecule has 6 aromatic rings. The lowest BCUT2D eigenvalue weighted by Gasteiger charge is -2.22. The molecule has 2 aliphatic rings. The number of tetrazole rings is 1. The third kappa shape index (κ3) is 5.55. The molecule has 15 nitrogen and oxygen atoms in total. The number of benzene rings is 2. The Balaban J connectivity index is 1.16. The zero-order valence-corrected chi connectivity index (χ0v) is 26.3. The van der Waals surface area contributed by atoms with Crippen LogP contribution in [0.5, 0.6) is 0 Å². The number of fused-ring (bicyclic) bond motifs is 1. The van der Waals surface area contributed by atoms with Gasteiger partial charge in [-0.1, -0.05) is 60.7 Å². The number of anilines is 2. The first-order valence-electron chi connectivity index (χ1n) is 16.2. The molecule has 48 heavy (non-hydrogen) atoms. The third-order valence-electron chi connectivity index (χ3n) is 9.20. The van der Waals surface area contributed by atoms with E-state index in [0.29, 0.717) is 42.6 Å². The first-order valence-corrected chi connectivity index (χ1v) is 16.2. The second kappa shape index (κ2) is 12.7. The quantitative estimate of drug-likeness (QED) is 0.199. The van der Waals surface area contributed by atoms with E-state index < -0.39 is 24.5 Å². The molecule has 3 N–H and O–H groups in total. The molecule has 15 heteroatoms. The molecule has 0 unspecified atom stereocenters. The smallest absolute Gasteiger partial charge is 0.229 e. The number of nitrogens with one attached hydrogen (secondary N) is 1. The van der Waals surface area contributed by atoms with Crippen LogP contribution in [0.15, 0.2) is 85.7 Å². The van der Waals surface area contributed by atoms with Gasteiger partial charge >= 0.3 is 0 Å². The van der Waals surface area contributed by atoms with Crippen LogP contribution in [0, 0.1) is 0 Å². The minimum absolute atomic E-state index is 0.0419. The molecule has 2 aliphatic heterocycles. The molecule has 0 spiro atoms. The third-order valence-corrected chi connectivity index (χ3v) is 9.20. The van der Waals surface area contributed by atoms with Crippen molar-refractivity contribution in [1.82, 2.24) is 49.3 Å². The number of nitrogens with zero attached hydrogens (tertiary/aromatic N) is 11. The first kappa shape index (κ1) is 30.1. The monoisotopic (exact) mass is 648 g/mol. The van der Waals surface area contributed by atoms with Gasteiger partial charge in [-0.3, -0.25) is 4.57 Å². The molecule has 2 fully saturated rings. The number of hydrogen-bond acceptors (Lipinski definition) is 12. The van der Waals surface area contributed by atoms with Crippen molar-refractivity contribution in [2.75, 3.05) is 29.9 Å². The second-order valence-electron chi connectivity index (χ2n) is 12.1. The Morgan fingerprint density at radius 2 is 1.75 bits per heavy atom. The van der Waals surface area contributed by atoms with Crippen molar-refractivity contribution in [3.8, 4) is 0 Å². The zero-order valence-electron chi connectivity index (χ0n) is 26.3. The van der Waals surface area contributed by atoms with E-state index in [9.17, 15) is 10.2 Å².